The smallest absolute Gasteiger partial charge is 0.228 e. The summed E-state index contributed by atoms with van der Waals surface area (Å²) in [7, 11) is 0. The second kappa shape index (κ2) is 6.37. The first-order valence-electron chi connectivity index (χ1n) is 8.87. The third kappa shape index (κ3) is 2.98. The molecule has 3 aromatic heterocycles. The molecular formula is C20H21N5O. The fourth-order valence-electron chi connectivity index (χ4n) is 3.25. The summed E-state index contributed by atoms with van der Waals surface area (Å²) in [6, 6.07) is 5.81. The highest BCUT2D eigenvalue weighted by molar-refractivity contribution is 5.98. The van der Waals surface area contributed by atoms with E-state index in [1.165, 1.54) is 0 Å². The molecule has 4 rings (SSSR count). The van der Waals surface area contributed by atoms with Gasteiger partial charge in [-0.25, -0.2) is 9.97 Å². The Bertz CT molecular complexity index is 1000. The van der Waals surface area contributed by atoms with E-state index in [-0.39, 0.29) is 11.8 Å². The van der Waals surface area contributed by atoms with Gasteiger partial charge in [-0.05, 0) is 47.9 Å². The first-order chi connectivity index (χ1) is 12.6. The quantitative estimate of drug-likeness (QED) is 0.754. The summed E-state index contributed by atoms with van der Waals surface area (Å²) in [4.78, 5) is 25.2. The van der Waals surface area contributed by atoms with Gasteiger partial charge in [0.25, 0.3) is 0 Å². The van der Waals surface area contributed by atoms with Crippen molar-refractivity contribution in [3.05, 3.63) is 42.4 Å². The Morgan fingerprint density at radius 3 is 2.88 bits per heavy atom. The van der Waals surface area contributed by atoms with Gasteiger partial charge in [-0.15, -0.1) is 0 Å². The van der Waals surface area contributed by atoms with Gasteiger partial charge in [0, 0.05) is 35.5 Å². The van der Waals surface area contributed by atoms with E-state index < -0.39 is 0 Å². The molecule has 0 unspecified atom stereocenters. The molecule has 1 amide bonds. The molecule has 26 heavy (non-hydrogen) atoms. The molecule has 6 heteroatoms. The topological polar surface area (TPSA) is 93.8 Å². The van der Waals surface area contributed by atoms with Crippen molar-refractivity contribution in [2.45, 2.75) is 26.7 Å². The van der Waals surface area contributed by atoms with E-state index in [1.54, 1.807) is 12.4 Å². The van der Waals surface area contributed by atoms with Gasteiger partial charge in [0.15, 0.2) is 0 Å². The molecule has 3 heterocycles. The third-order valence-electron chi connectivity index (χ3n) is 5.01. The molecule has 0 aliphatic heterocycles. The minimum absolute atomic E-state index is 0.0344. The Labute approximate surface area is 151 Å². The summed E-state index contributed by atoms with van der Waals surface area (Å²) in [6.07, 6.45) is 7.08. The molecule has 1 fully saturated rings. The van der Waals surface area contributed by atoms with Gasteiger partial charge in [0.2, 0.25) is 5.91 Å². The van der Waals surface area contributed by atoms with Gasteiger partial charge in [-0.3, -0.25) is 9.78 Å². The number of carbonyl (C=O) groups is 1. The number of amides is 1. The minimum atomic E-state index is 0.0344. The molecule has 0 aromatic carbocycles. The van der Waals surface area contributed by atoms with Crippen LogP contribution in [0.1, 0.15) is 25.8 Å². The fraction of sp³-hybridized carbons (Fsp3) is 0.300. The van der Waals surface area contributed by atoms with Gasteiger partial charge < -0.3 is 11.1 Å². The molecule has 0 spiro atoms. The standard InChI is InChI=1S/C20H21N5O/c1-3-12-4-5-22-9-15(12)17-7-13-8-18(23-10-16(13)19(21)24-17)25-20(26)14-6-11(14)2/h4-5,7-11,14H,3,6H2,1-2H3,(H2,21,24)(H,23,25,26)/t11-,14-/m1/s1. The van der Waals surface area contributed by atoms with Crippen LogP contribution < -0.4 is 11.1 Å². The summed E-state index contributed by atoms with van der Waals surface area (Å²) < 4.78 is 0. The Balaban J connectivity index is 1.73. The second-order valence-electron chi connectivity index (χ2n) is 6.88. The average Bonchev–Trinajstić information content (AvgIpc) is 3.38. The maximum Gasteiger partial charge on any atom is 0.228 e. The number of hydrogen-bond acceptors (Lipinski definition) is 5. The Morgan fingerprint density at radius 2 is 2.15 bits per heavy atom. The average molecular weight is 347 g/mol. The van der Waals surface area contributed by atoms with Crippen molar-refractivity contribution < 1.29 is 4.79 Å². The molecule has 1 aliphatic carbocycles. The molecule has 132 valence electrons. The van der Waals surface area contributed by atoms with E-state index in [4.69, 9.17) is 5.73 Å². The van der Waals surface area contributed by atoms with Crippen LogP contribution >= 0.6 is 0 Å². The van der Waals surface area contributed by atoms with Crippen LogP contribution in [-0.4, -0.2) is 20.9 Å². The zero-order chi connectivity index (χ0) is 18.3. The van der Waals surface area contributed by atoms with E-state index >= 15 is 0 Å². The Kier molecular flexibility index (Phi) is 4.03. The largest absolute Gasteiger partial charge is 0.383 e. The number of pyridine rings is 3. The van der Waals surface area contributed by atoms with Crippen molar-refractivity contribution in [1.29, 1.82) is 0 Å². The number of carbonyl (C=O) groups excluding carboxylic acids is 1. The van der Waals surface area contributed by atoms with Gasteiger partial charge in [-0.1, -0.05) is 13.8 Å². The number of hydrogen-bond donors (Lipinski definition) is 2. The van der Waals surface area contributed by atoms with Gasteiger partial charge in [0.05, 0.1) is 5.69 Å². The van der Waals surface area contributed by atoms with Crippen LogP contribution in [0, 0.1) is 11.8 Å². The molecule has 1 aliphatic rings. The number of aromatic nitrogens is 3. The van der Waals surface area contributed by atoms with Crippen molar-refractivity contribution >= 4 is 28.3 Å². The predicted molar refractivity (Wildman–Crippen MR) is 102 cm³/mol. The Morgan fingerprint density at radius 1 is 1.35 bits per heavy atom. The highest BCUT2D eigenvalue weighted by atomic mass is 16.2. The van der Waals surface area contributed by atoms with E-state index in [1.807, 2.05) is 24.4 Å². The van der Waals surface area contributed by atoms with Crippen molar-refractivity contribution in [3.63, 3.8) is 0 Å². The SMILES string of the molecule is CCc1ccncc1-c1cc2cc(NC(=O)[C@@H]3C[C@H]3C)ncc2c(N)n1. The van der Waals surface area contributed by atoms with Crippen molar-refractivity contribution in [2.24, 2.45) is 11.8 Å². The van der Waals surface area contributed by atoms with Crippen LogP contribution in [0.3, 0.4) is 0 Å². The van der Waals surface area contributed by atoms with E-state index in [0.29, 0.717) is 17.6 Å². The van der Waals surface area contributed by atoms with Crippen LogP contribution in [0.4, 0.5) is 11.6 Å². The number of rotatable bonds is 4. The molecule has 6 nitrogen and oxygen atoms in total. The van der Waals surface area contributed by atoms with E-state index in [2.05, 4.69) is 34.1 Å². The molecule has 0 saturated heterocycles. The fourth-order valence-corrected chi connectivity index (χ4v) is 3.25. The number of fused-ring (bicyclic) bond motifs is 1. The summed E-state index contributed by atoms with van der Waals surface area (Å²) in [5, 5.41) is 4.57. The molecule has 1 saturated carbocycles. The van der Waals surface area contributed by atoms with Crippen LogP contribution in [0.5, 0.6) is 0 Å². The van der Waals surface area contributed by atoms with Crippen molar-refractivity contribution in [1.82, 2.24) is 15.0 Å². The van der Waals surface area contributed by atoms with Gasteiger partial charge in [0.1, 0.15) is 11.6 Å². The second-order valence-corrected chi connectivity index (χ2v) is 6.88. The summed E-state index contributed by atoms with van der Waals surface area (Å²) in [6.45, 7) is 4.18. The maximum atomic E-state index is 12.2. The van der Waals surface area contributed by atoms with E-state index in [9.17, 15) is 4.79 Å². The van der Waals surface area contributed by atoms with Crippen molar-refractivity contribution in [3.8, 4) is 11.3 Å². The number of nitrogens with one attached hydrogen (secondary N) is 1. The zero-order valence-electron chi connectivity index (χ0n) is 14.9. The number of nitrogens with zero attached hydrogens (tertiary/aromatic N) is 3. The van der Waals surface area contributed by atoms with Crippen LogP contribution in [-0.2, 0) is 11.2 Å². The first kappa shape index (κ1) is 16.4. The highest BCUT2D eigenvalue weighted by Crippen LogP contribution is 2.38. The molecule has 0 radical (unpaired) electrons. The normalized spacial score (nSPS) is 18.7. The summed E-state index contributed by atoms with van der Waals surface area (Å²) in [5.74, 6) is 1.56. The highest BCUT2D eigenvalue weighted by Gasteiger charge is 2.39. The van der Waals surface area contributed by atoms with E-state index in [0.717, 1.165) is 40.4 Å². The number of anilines is 2. The number of aryl methyl sites for hydroxylation is 1. The lowest BCUT2D eigenvalue weighted by atomic mass is 10.0. The lowest BCUT2D eigenvalue weighted by Crippen LogP contribution is -2.15. The van der Waals surface area contributed by atoms with Crippen LogP contribution in [0.15, 0.2) is 36.8 Å². The third-order valence-corrected chi connectivity index (χ3v) is 5.01. The van der Waals surface area contributed by atoms with Crippen LogP contribution in [0.2, 0.25) is 0 Å². The van der Waals surface area contributed by atoms with Crippen LogP contribution in [0.25, 0.3) is 22.0 Å². The monoisotopic (exact) mass is 347 g/mol. The van der Waals surface area contributed by atoms with Gasteiger partial charge in [-0.2, -0.15) is 0 Å². The molecular weight excluding hydrogens is 326 g/mol. The lowest BCUT2D eigenvalue weighted by molar-refractivity contribution is -0.117. The molecule has 0 bridgehead atoms. The maximum absolute atomic E-state index is 12.2. The Hall–Kier alpha value is -3.02. The minimum Gasteiger partial charge on any atom is -0.383 e. The van der Waals surface area contributed by atoms with Crippen molar-refractivity contribution in [2.75, 3.05) is 11.1 Å². The summed E-state index contributed by atoms with van der Waals surface area (Å²) in [5.41, 5.74) is 9.07. The number of nitrogen functional groups attached to an aromatic ring is 1. The number of nitrogens with two attached hydrogens (primary N) is 1. The molecule has 3 N–H and O–H groups in total. The molecule has 2 atom stereocenters. The summed E-state index contributed by atoms with van der Waals surface area (Å²) >= 11 is 0. The first-order valence-corrected chi connectivity index (χ1v) is 8.87. The molecule has 3 aromatic rings. The predicted octanol–water partition coefficient (Wildman–Crippen LogP) is 3.43. The zero-order valence-corrected chi connectivity index (χ0v) is 14.9. The van der Waals surface area contributed by atoms with Gasteiger partial charge >= 0.3 is 0 Å². The lowest BCUT2D eigenvalue weighted by Gasteiger charge is -2.10.